The largest absolute Gasteiger partial charge is 0.481 e. The molecule has 0 spiro atoms. The normalized spacial score (nSPS) is 22.6. The van der Waals surface area contributed by atoms with E-state index >= 15 is 0 Å². The second kappa shape index (κ2) is 7.07. The zero-order valence-corrected chi connectivity index (χ0v) is 12.0. The summed E-state index contributed by atoms with van der Waals surface area (Å²) in [5.41, 5.74) is -0.600. The Balaban J connectivity index is 1.82. The van der Waals surface area contributed by atoms with Gasteiger partial charge in [0, 0.05) is 19.6 Å². The summed E-state index contributed by atoms with van der Waals surface area (Å²) in [5, 5.41) is 12.0. The highest BCUT2D eigenvalue weighted by molar-refractivity contribution is 5.78. The van der Waals surface area contributed by atoms with Gasteiger partial charge in [0.25, 0.3) is 0 Å². The minimum atomic E-state index is -0.858. The summed E-state index contributed by atoms with van der Waals surface area (Å²) in [7, 11) is 0. The Bertz CT molecular complexity index is 344. The summed E-state index contributed by atoms with van der Waals surface area (Å²) in [5.74, 6) is -0.172. The highest BCUT2D eigenvalue weighted by atomic mass is 16.5. The van der Waals surface area contributed by atoms with E-state index in [4.69, 9.17) is 9.84 Å². The summed E-state index contributed by atoms with van der Waals surface area (Å²) in [6, 6.07) is 0. The first-order chi connectivity index (χ1) is 9.60. The molecule has 1 heterocycles. The summed E-state index contributed by atoms with van der Waals surface area (Å²) in [4.78, 5) is 23.1. The van der Waals surface area contributed by atoms with E-state index in [0.29, 0.717) is 38.4 Å². The average Bonchev–Trinajstić information content (AvgIpc) is 2.89. The predicted octanol–water partition coefficient (Wildman–Crippen LogP) is 2.10. The van der Waals surface area contributed by atoms with E-state index in [0.717, 1.165) is 6.42 Å². The van der Waals surface area contributed by atoms with Crippen molar-refractivity contribution in [2.24, 2.45) is 5.92 Å². The highest BCUT2D eigenvalue weighted by Gasteiger charge is 2.36. The minimum absolute atomic E-state index is 0.0000463. The zero-order valence-electron chi connectivity index (χ0n) is 12.0. The number of hydrogen-bond acceptors (Lipinski definition) is 3. The van der Waals surface area contributed by atoms with Gasteiger partial charge >= 0.3 is 5.97 Å². The SMILES string of the molecule is O=C(O)CC1(NC(=O)CCC2CCCC2)CCOCC1. The third-order valence-electron chi connectivity index (χ3n) is 4.60. The number of hydrogen-bond donors (Lipinski definition) is 2. The molecule has 0 atom stereocenters. The molecule has 1 amide bonds. The molecule has 5 nitrogen and oxygen atoms in total. The first-order valence-corrected chi connectivity index (χ1v) is 7.70. The van der Waals surface area contributed by atoms with Gasteiger partial charge in [0.2, 0.25) is 5.91 Å². The van der Waals surface area contributed by atoms with Crippen LogP contribution in [0, 0.1) is 5.92 Å². The van der Waals surface area contributed by atoms with Crippen molar-refractivity contribution < 1.29 is 19.4 Å². The van der Waals surface area contributed by atoms with Crippen LogP contribution in [0.15, 0.2) is 0 Å². The van der Waals surface area contributed by atoms with Gasteiger partial charge in [-0.05, 0) is 25.2 Å². The maximum absolute atomic E-state index is 12.1. The number of rotatable bonds is 6. The van der Waals surface area contributed by atoms with Gasteiger partial charge in [-0.2, -0.15) is 0 Å². The fraction of sp³-hybridized carbons (Fsp3) is 0.867. The predicted molar refractivity (Wildman–Crippen MR) is 74.4 cm³/mol. The van der Waals surface area contributed by atoms with Crippen molar-refractivity contribution in [3.05, 3.63) is 0 Å². The van der Waals surface area contributed by atoms with E-state index in [9.17, 15) is 9.59 Å². The van der Waals surface area contributed by atoms with Crippen LogP contribution in [0.5, 0.6) is 0 Å². The van der Waals surface area contributed by atoms with Crippen molar-refractivity contribution in [1.29, 1.82) is 0 Å². The van der Waals surface area contributed by atoms with Gasteiger partial charge in [0.1, 0.15) is 0 Å². The molecule has 114 valence electrons. The number of aliphatic carboxylic acids is 1. The van der Waals surface area contributed by atoms with Crippen LogP contribution in [0.2, 0.25) is 0 Å². The van der Waals surface area contributed by atoms with Gasteiger partial charge in [-0.25, -0.2) is 0 Å². The van der Waals surface area contributed by atoms with Crippen LogP contribution >= 0.6 is 0 Å². The molecule has 0 bridgehead atoms. The van der Waals surface area contributed by atoms with Crippen molar-refractivity contribution in [2.75, 3.05) is 13.2 Å². The molecule has 1 saturated heterocycles. The van der Waals surface area contributed by atoms with E-state index in [1.165, 1.54) is 25.7 Å². The second-order valence-electron chi connectivity index (χ2n) is 6.20. The smallest absolute Gasteiger partial charge is 0.305 e. The summed E-state index contributed by atoms with van der Waals surface area (Å²) < 4.78 is 5.28. The fourth-order valence-electron chi connectivity index (χ4n) is 3.39. The van der Waals surface area contributed by atoms with E-state index in [-0.39, 0.29) is 12.3 Å². The summed E-state index contributed by atoms with van der Waals surface area (Å²) >= 11 is 0. The van der Waals surface area contributed by atoms with Crippen LogP contribution in [0.1, 0.15) is 57.8 Å². The number of carbonyl (C=O) groups excluding carboxylic acids is 1. The molecule has 1 aliphatic heterocycles. The van der Waals surface area contributed by atoms with Crippen LogP contribution in [-0.2, 0) is 14.3 Å². The van der Waals surface area contributed by atoms with Crippen molar-refractivity contribution in [3.63, 3.8) is 0 Å². The van der Waals surface area contributed by atoms with Crippen molar-refractivity contribution >= 4 is 11.9 Å². The lowest BCUT2D eigenvalue weighted by Crippen LogP contribution is -2.53. The standard InChI is InChI=1S/C15H25NO4/c17-13(6-5-12-3-1-2-4-12)16-15(11-14(18)19)7-9-20-10-8-15/h12H,1-11H2,(H,16,17)(H,18,19). The zero-order chi connectivity index (χ0) is 14.4. The van der Waals surface area contributed by atoms with E-state index in [1.807, 2.05) is 0 Å². The van der Waals surface area contributed by atoms with E-state index < -0.39 is 11.5 Å². The third kappa shape index (κ3) is 4.47. The summed E-state index contributed by atoms with van der Waals surface area (Å²) in [6.45, 7) is 1.05. The van der Waals surface area contributed by atoms with Crippen molar-refractivity contribution in [2.45, 2.75) is 63.3 Å². The molecule has 0 unspecified atom stereocenters. The maximum Gasteiger partial charge on any atom is 0.305 e. The Morgan fingerprint density at radius 1 is 1.20 bits per heavy atom. The molecule has 5 heteroatoms. The first-order valence-electron chi connectivity index (χ1n) is 7.70. The molecule has 0 aromatic heterocycles. The molecule has 2 N–H and O–H groups in total. The number of carbonyl (C=O) groups is 2. The first kappa shape index (κ1) is 15.3. The molecular weight excluding hydrogens is 258 g/mol. The number of amides is 1. The van der Waals surface area contributed by atoms with Crippen molar-refractivity contribution in [1.82, 2.24) is 5.32 Å². The van der Waals surface area contributed by atoms with Crippen LogP contribution in [0.3, 0.4) is 0 Å². The van der Waals surface area contributed by atoms with Gasteiger partial charge in [-0.3, -0.25) is 9.59 Å². The number of nitrogens with one attached hydrogen (secondary N) is 1. The molecule has 0 radical (unpaired) electrons. The lowest BCUT2D eigenvalue weighted by molar-refractivity contribution is -0.140. The van der Waals surface area contributed by atoms with Crippen molar-refractivity contribution in [3.8, 4) is 0 Å². The Hall–Kier alpha value is -1.10. The summed E-state index contributed by atoms with van der Waals surface area (Å²) in [6.07, 6.45) is 7.68. The van der Waals surface area contributed by atoms with Gasteiger partial charge < -0.3 is 15.2 Å². The van der Waals surface area contributed by atoms with E-state index in [1.54, 1.807) is 0 Å². The molecule has 1 saturated carbocycles. The van der Waals surface area contributed by atoms with Gasteiger partial charge in [0.15, 0.2) is 0 Å². The van der Waals surface area contributed by atoms with Gasteiger partial charge in [0.05, 0.1) is 12.0 Å². The van der Waals surface area contributed by atoms with Crippen LogP contribution in [0.25, 0.3) is 0 Å². The van der Waals surface area contributed by atoms with Crippen LogP contribution in [0.4, 0.5) is 0 Å². The molecule has 2 fully saturated rings. The fourth-order valence-corrected chi connectivity index (χ4v) is 3.39. The van der Waals surface area contributed by atoms with Crippen LogP contribution < -0.4 is 5.32 Å². The quantitative estimate of drug-likeness (QED) is 0.782. The Labute approximate surface area is 120 Å². The number of carboxylic acids is 1. The van der Waals surface area contributed by atoms with Crippen LogP contribution in [-0.4, -0.2) is 35.7 Å². The maximum atomic E-state index is 12.1. The molecule has 2 aliphatic rings. The number of carboxylic acid groups (broad SMARTS) is 1. The molecule has 2 rings (SSSR count). The molecule has 0 aromatic carbocycles. The van der Waals surface area contributed by atoms with E-state index in [2.05, 4.69) is 5.32 Å². The third-order valence-corrected chi connectivity index (χ3v) is 4.60. The van der Waals surface area contributed by atoms with Gasteiger partial charge in [-0.1, -0.05) is 25.7 Å². The monoisotopic (exact) mass is 283 g/mol. The molecular formula is C15H25NO4. The van der Waals surface area contributed by atoms with Gasteiger partial charge in [-0.15, -0.1) is 0 Å². The minimum Gasteiger partial charge on any atom is -0.481 e. The second-order valence-corrected chi connectivity index (χ2v) is 6.20. The Morgan fingerprint density at radius 2 is 1.85 bits per heavy atom. The topological polar surface area (TPSA) is 75.6 Å². The number of ether oxygens (including phenoxy) is 1. The molecule has 1 aliphatic carbocycles. The highest BCUT2D eigenvalue weighted by Crippen LogP contribution is 2.29. The lowest BCUT2D eigenvalue weighted by Gasteiger charge is -2.37. The Morgan fingerprint density at radius 3 is 2.45 bits per heavy atom. The molecule has 0 aromatic rings. The molecule has 20 heavy (non-hydrogen) atoms. The Kier molecular flexibility index (Phi) is 5.40. The lowest BCUT2D eigenvalue weighted by atomic mass is 9.86. The average molecular weight is 283 g/mol.